The van der Waals surface area contributed by atoms with Crippen molar-refractivity contribution in [3.8, 4) is 0 Å². The van der Waals surface area contributed by atoms with E-state index in [9.17, 15) is 18.8 Å². The van der Waals surface area contributed by atoms with Gasteiger partial charge in [-0.25, -0.2) is 4.98 Å². The lowest BCUT2D eigenvalue weighted by atomic mass is 10.1. The summed E-state index contributed by atoms with van der Waals surface area (Å²) in [7, 11) is 0. The van der Waals surface area contributed by atoms with E-state index in [0.29, 0.717) is 6.42 Å². The molecule has 1 unspecified atom stereocenters. The van der Waals surface area contributed by atoms with Gasteiger partial charge in [0.2, 0.25) is 17.8 Å². The zero-order chi connectivity index (χ0) is 14.0. The van der Waals surface area contributed by atoms with E-state index in [1.165, 1.54) is 6.07 Å². The quantitative estimate of drug-likeness (QED) is 0.607. The van der Waals surface area contributed by atoms with E-state index in [2.05, 4.69) is 10.3 Å². The first-order chi connectivity index (χ1) is 9.02. The average molecular weight is 265 g/mol. The molecule has 0 saturated carbocycles. The maximum atomic E-state index is 13.0. The van der Waals surface area contributed by atoms with E-state index in [1.807, 2.05) is 0 Å². The summed E-state index contributed by atoms with van der Waals surface area (Å²) in [5.41, 5.74) is 0.0634. The highest BCUT2D eigenvalue weighted by molar-refractivity contribution is 6.07. The molecule has 1 N–H and O–H groups in total. The number of amides is 3. The maximum absolute atomic E-state index is 13.0. The molecule has 0 spiro atoms. The summed E-state index contributed by atoms with van der Waals surface area (Å²) < 4.78 is 13.0. The van der Waals surface area contributed by atoms with Crippen LogP contribution in [0.25, 0.3) is 0 Å². The van der Waals surface area contributed by atoms with Crippen molar-refractivity contribution in [3.63, 3.8) is 0 Å². The molecule has 7 heteroatoms. The van der Waals surface area contributed by atoms with Gasteiger partial charge in [0.05, 0.1) is 0 Å². The summed E-state index contributed by atoms with van der Waals surface area (Å²) >= 11 is 0. The molecule has 6 nitrogen and oxygen atoms in total. The van der Waals surface area contributed by atoms with Crippen LogP contribution in [-0.2, 0) is 9.59 Å². The highest BCUT2D eigenvalue weighted by Crippen LogP contribution is 2.14. The number of hydrogen-bond acceptors (Lipinski definition) is 4. The van der Waals surface area contributed by atoms with Crippen molar-refractivity contribution in [3.05, 3.63) is 29.8 Å². The minimum absolute atomic E-state index is 0.0634. The Balaban J connectivity index is 2.30. The zero-order valence-electron chi connectivity index (χ0n) is 10.2. The Morgan fingerprint density at radius 1 is 1.58 bits per heavy atom. The lowest BCUT2D eigenvalue weighted by molar-refractivity contribution is -0.138. The topological polar surface area (TPSA) is 79.4 Å². The van der Waals surface area contributed by atoms with E-state index >= 15 is 0 Å². The zero-order valence-corrected chi connectivity index (χ0v) is 10.2. The van der Waals surface area contributed by atoms with Crippen molar-refractivity contribution >= 4 is 17.7 Å². The Morgan fingerprint density at radius 2 is 2.32 bits per heavy atom. The van der Waals surface area contributed by atoms with Crippen LogP contribution >= 0.6 is 0 Å². The second-order valence-corrected chi connectivity index (χ2v) is 4.14. The second-order valence-electron chi connectivity index (χ2n) is 4.14. The van der Waals surface area contributed by atoms with Crippen molar-refractivity contribution in [2.75, 3.05) is 6.54 Å². The highest BCUT2D eigenvalue weighted by atomic mass is 19.1. The number of carbonyl (C=O) groups excluding carboxylic acids is 3. The summed E-state index contributed by atoms with van der Waals surface area (Å²) in [6.07, 6.45) is 1.54. The Bertz CT molecular complexity index is 547. The first-order valence-corrected chi connectivity index (χ1v) is 5.79. The predicted octanol–water partition coefficient (Wildman–Crippen LogP) is 0.0979. The number of piperazine rings is 1. The Kier molecular flexibility index (Phi) is 3.55. The molecule has 100 valence electrons. The highest BCUT2D eigenvalue weighted by Gasteiger charge is 2.35. The molecule has 0 radical (unpaired) electrons. The van der Waals surface area contributed by atoms with Gasteiger partial charge in [0.25, 0.3) is 5.91 Å². The number of rotatable bonds is 2. The first-order valence-electron chi connectivity index (χ1n) is 5.79. The van der Waals surface area contributed by atoms with Gasteiger partial charge in [0.1, 0.15) is 12.6 Å². The molecule has 1 aromatic rings. The van der Waals surface area contributed by atoms with Crippen molar-refractivity contribution in [2.45, 2.75) is 19.4 Å². The van der Waals surface area contributed by atoms with Gasteiger partial charge in [0.15, 0.2) is 0 Å². The van der Waals surface area contributed by atoms with Crippen molar-refractivity contribution in [1.82, 2.24) is 15.2 Å². The SMILES string of the molecule is CCC1C(=O)NC(=O)CN1C(=O)c1ccnc(F)c1. The fourth-order valence-corrected chi connectivity index (χ4v) is 1.99. The third-order valence-corrected chi connectivity index (χ3v) is 2.88. The molecule has 1 saturated heterocycles. The number of pyridine rings is 1. The molecule has 1 atom stereocenters. The van der Waals surface area contributed by atoms with Crippen LogP contribution in [0.2, 0.25) is 0 Å². The van der Waals surface area contributed by atoms with Crippen LogP contribution in [0, 0.1) is 5.95 Å². The molecule has 19 heavy (non-hydrogen) atoms. The van der Waals surface area contributed by atoms with Gasteiger partial charge in [0, 0.05) is 17.8 Å². The molecular formula is C12H12FN3O3. The molecule has 1 aromatic heterocycles. The number of nitrogens with zero attached hydrogens (tertiary/aromatic N) is 2. The van der Waals surface area contributed by atoms with Crippen molar-refractivity contribution in [1.29, 1.82) is 0 Å². The van der Waals surface area contributed by atoms with Crippen LogP contribution in [0.3, 0.4) is 0 Å². The monoisotopic (exact) mass is 265 g/mol. The lowest BCUT2D eigenvalue weighted by Gasteiger charge is -2.33. The van der Waals surface area contributed by atoms with Crippen LogP contribution in [-0.4, -0.2) is 40.2 Å². The van der Waals surface area contributed by atoms with Gasteiger partial charge in [-0.3, -0.25) is 19.7 Å². The van der Waals surface area contributed by atoms with E-state index in [1.54, 1.807) is 6.92 Å². The largest absolute Gasteiger partial charge is 0.317 e. The minimum Gasteiger partial charge on any atom is -0.317 e. The number of imide groups is 1. The van der Waals surface area contributed by atoms with E-state index in [0.717, 1.165) is 17.2 Å². The number of nitrogens with one attached hydrogen (secondary N) is 1. The summed E-state index contributed by atoms with van der Waals surface area (Å²) in [6, 6.07) is 1.60. The van der Waals surface area contributed by atoms with Gasteiger partial charge in [-0.15, -0.1) is 0 Å². The smallest absolute Gasteiger partial charge is 0.255 e. The molecule has 0 aromatic carbocycles. The summed E-state index contributed by atoms with van der Waals surface area (Å²) in [5, 5.41) is 2.17. The Labute approximate surface area is 108 Å². The van der Waals surface area contributed by atoms with E-state index in [4.69, 9.17) is 0 Å². The molecule has 0 aliphatic carbocycles. The summed E-state index contributed by atoms with van der Waals surface area (Å²) in [6.45, 7) is 1.51. The fraction of sp³-hybridized carbons (Fsp3) is 0.333. The van der Waals surface area contributed by atoms with Gasteiger partial charge < -0.3 is 4.90 Å². The van der Waals surface area contributed by atoms with Gasteiger partial charge in [-0.1, -0.05) is 6.92 Å². The van der Waals surface area contributed by atoms with E-state index in [-0.39, 0.29) is 12.1 Å². The molecule has 2 rings (SSSR count). The first kappa shape index (κ1) is 13.1. The molecule has 1 aliphatic rings. The van der Waals surface area contributed by atoms with Gasteiger partial charge >= 0.3 is 0 Å². The van der Waals surface area contributed by atoms with Crippen LogP contribution < -0.4 is 5.32 Å². The average Bonchev–Trinajstić information content (AvgIpc) is 2.37. The Hall–Kier alpha value is -2.31. The van der Waals surface area contributed by atoms with Crippen LogP contribution in [0.15, 0.2) is 18.3 Å². The fourth-order valence-electron chi connectivity index (χ4n) is 1.99. The van der Waals surface area contributed by atoms with Crippen LogP contribution in [0.4, 0.5) is 4.39 Å². The minimum atomic E-state index is -0.785. The van der Waals surface area contributed by atoms with Crippen LogP contribution in [0.5, 0.6) is 0 Å². The second kappa shape index (κ2) is 5.13. The molecule has 1 fully saturated rings. The van der Waals surface area contributed by atoms with Crippen LogP contribution in [0.1, 0.15) is 23.7 Å². The Morgan fingerprint density at radius 3 is 2.95 bits per heavy atom. The van der Waals surface area contributed by atoms with Gasteiger partial charge in [-0.05, 0) is 12.5 Å². The molecule has 0 bridgehead atoms. The third kappa shape index (κ3) is 2.59. The molecular weight excluding hydrogens is 253 g/mol. The number of hydrogen-bond donors (Lipinski definition) is 1. The molecule has 3 amide bonds. The molecule has 2 heterocycles. The molecule has 1 aliphatic heterocycles. The number of halogens is 1. The van der Waals surface area contributed by atoms with Crippen molar-refractivity contribution < 1.29 is 18.8 Å². The van der Waals surface area contributed by atoms with E-state index < -0.39 is 29.7 Å². The lowest BCUT2D eigenvalue weighted by Crippen LogP contribution is -2.59. The standard InChI is InChI=1S/C12H12FN3O3/c1-2-8-11(18)15-10(17)6-16(8)12(19)7-3-4-14-9(13)5-7/h3-5,8H,2,6H2,1H3,(H,15,17,18). The summed E-state index contributed by atoms with van der Waals surface area (Å²) in [4.78, 5) is 39.7. The summed E-state index contributed by atoms with van der Waals surface area (Å²) in [5.74, 6) is -2.40. The number of carbonyl (C=O) groups is 3. The number of aromatic nitrogens is 1. The van der Waals surface area contributed by atoms with Gasteiger partial charge in [-0.2, -0.15) is 4.39 Å². The predicted molar refractivity (Wildman–Crippen MR) is 62.5 cm³/mol. The maximum Gasteiger partial charge on any atom is 0.255 e. The van der Waals surface area contributed by atoms with Crippen molar-refractivity contribution in [2.24, 2.45) is 0 Å². The third-order valence-electron chi connectivity index (χ3n) is 2.88. The normalized spacial score (nSPS) is 19.3.